The molecule has 0 N–H and O–H groups in total. The maximum absolute atomic E-state index is 3.99. The minimum atomic E-state index is 0.434. The summed E-state index contributed by atoms with van der Waals surface area (Å²) in [7, 11) is 0. The van der Waals surface area contributed by atoms with Crippen molar-refractivity contribution in [3.8, 4) is 0 Å². The van der Waals surface area contributed by atoms with Crippen LogP contribution in [0.5, 0.6) is 0 Å². The molecule has 1 saturated carbocycles. The highest BCUT2D eigenvalue weighted by Gasteiger charge is 2.47. The lowest BCUT2D eigenvalue weighted by Gasteiger charge is -2.36. The average molecular weight is 176 g/mol. The van der Waals surface area contributed by atoms with E-state index in [4.69, 9.17) is 0 Å². The van der Waals surface area contributed by atoms with E-state index in [2.05, 4.69) is 45.6 Å². The molecule has 2 aliphatic rings. The molecule has 0 spiro atoms. The highest BCUT2D eigenvalue weighted by atomic mass is 14.5. The van der Waals surface area contributed by atoms with E-state index >= 15 is 0 Å². The minimum absolute atomic E-state index is 0.434. The van der Waals surface area contributed by atoms with Gasteiger partial charge in [0.2, 0.25) is 0 Å². The van der Waals surface area contributed by atoms with Crippen molar-refractivity contribution in [3.63, 3.8) is 0 Å². The molecule has 0 aromatic carbocycles. The van der Waals surface area contributed by atoms with E-state index in [1.165, 1.54) is 6.42 Å². The molecule has 0 aromatic rings. The van der Waals surface area contributed by atoms with Crippen LogP contribution in [0.3, 0.4) is 0 Å². The van der Waals surface area contributed by atoms with Gasteiger partial charge in [0, 0.05) is 0 Å². The van der Waals surface area contributed by atoms with Gasteiger partial charge in [0.15, 0.2) is 0 Å². The Morgan fingerprint density at radius 3 is 2.31 bits per heavy atom. The number of allylic oxidation sites excluding steroid dienone is 3. The Bertz CT molecular complexity index is 241. The summed E-state index contributed by atoms with van der Waals surface area (Å²) in [5, 5.41) is 0. The smallest absolute Gasteiger partial charge is 0.0134 e. The van der Waals surface area contributed by atoms with Crippen LogP contribution >= 0.6 is 0 Å². The number of fused-ring (bicyclic) bond motifs is 2. The zero-order valence-corrected chi connectivity index (χ0v) is 8.96. The van der Waals surface area contributed by atoms with Crippen LogP contribution in [0, 0.1) is 29.1 Å². The molecule has 1 fully saturated rings. The van der Waals surface area contributed by atoms with E-state index in [-0.39, 0.29) is 0 Å². The zero-order valence-electron chi connectivity index (χ0n) is 8.96. The van der Waals surface area contributed by atoms with Crippen LogP contribution in [-0.4, -0.2) is 0 Å². The average Bonchev–Trinajstić information content (AvgIpc) is 2.59. The lowest BCUT2D eigenvalue weighted by Crippen LogP contribution is -2.30. The summed E-state index contributed by atoms with van der Waals surface area (Å²) >= 11 is 0. The lowest BCUT2D eigenvalue weighted by atomic mass is 9.68. The Kier molecular flexibility index (Phi) is 1.90. The van der Waals surface area contributed by atoms with Gasteiger partial charge in [0.1, 0.15) is 0 Å². The predicted octanol–water partition coefficient (Wildman–Crippen LogP) is 3.66. The normalized spacial score (nSPS) is 42.7. The van der Waals surface area contributed by atoms with Crippen LogP contribution in [0.15, 0.2) is 24.8 Å². The van der Waals surface area contributed by atoms with Gasteiger partial charge in [-0.2, -0.15) is 0 Å². The van der Waals surface area contributed by atoms with Crippen LogP contribution in [0.25, 0.3) is 0 Å². The summed E-state index contributed by atoms with van der Waals surface area (Å²) < 4.78 is 0. The lowest BCUT2D eigenvalue weighted by molar-refractivity contribution is 0.168. The standard InChI is InChI=1S/C13H20/c1-5-11-9-6-7-10(8-9)12(11)13(2,3)4/h5-7,9-12H,1,8H2,2-4H3. The molecular formula is C13H20. The van der Waals surface area contributed by atoms with Gasteiger partial charge in [0.05, 0.1) is 0 Å². The van der Waals surface area contributed by atoms with E-state index in [0.29, 0.717) is 5.41 Å². The Morgan fingerprint density at radius 2 is 1.85 bits per heavy atom. The summed E-state index contributed by atoms with van der Waals surface area (Å²) in [4.78, 5) is 0. The molecule has 4 atom stereocenters. The SMILES string of the molecule is C=CC1C2C=CC(C2)C1C(C)(C)C. The van der Waals surface area contributed by atoms with E-state index in [1.807, 2.05) is 0 Å². The number of hydrogen-bond acceptors (Lipinski definition) is 0. The van der Waals surface area contributed by atoms with Gasteiger partial charge in [-0.3, -0.25) is 0 Å². The molecule has 72 valence electrons. The van der Waals surface area contributed by atoms with Crippen molar-refractivity contribution >= 4 is 0 Å². The van der Waals surface area contributed by atoms with Gasteiger partial charge < -0.3 is 0 Å². The first-order chi connectivity index (χ1) is 6.04. The second-order valence-corrected chi connectivity index (χ2v) is 5.65. The molecular weight excluding hydrogens is 156 g/mol. The van der Waals surface area contributed by atoms with Gasteiger partial charge in [-0.25, -0.2) is 0 Å². The van der Waals surface area contributed by atoms with Gasteiger partial charge in [-0.1, -0.05) is 39.0 Å². The Labute approximate surface area is 81.7 Å². The van der Waals surface area contributed by atoms with Crippen LogP contribution in [0.1, 0.15) is 27.2 Å². The molecule has 0 aliphatic heterocycles. The second kappa shape index (κ2) is 2.73. The largest absolute Gasteiger partial charge is 0.103 e. The van der Waals surface area contributed by atoms with Crippen molar-refractivity contribution in [2.24, 2.45) is 29.1 Å². The summed E-state index contributed by atoms with van der Waals surface area (Å²) in [6, 6.07) is 0. The van der Waals surface area contributed by atoms with E-state index < -0.39 is 0 Å². The summed E-state index contributed by atoms with van der Waals surface area (Å²) in [5.41, 5.74) is 0.434. The van der Waals surface area contributed by atoms with Crippen LogP contribution in [-0.2, 0) is 0 Å². The summed E-state index contributed by atoms with van der Waals surface area (Å²) in [6.45, 7) is 11.1. The van der Waals surface area contributed by atoms with Gasteiger partial charge in [-0.15, -0.1) is 6.58 Å². The van der Waals surface area contributed by atoms with Crippen LogP contribution in [0.4, 0.5) is 0 Å². The Morgan fingerprint density at radius 1 is 1.23 bits per heavy atom. The minimum Gasteiger partial charge on any atom is -0.103 e. The topological polar surface area (TPSA) is 0 Å². The first-order valence-electron chi connectivity index (χ1n) is 5.35. The molecule has 2 aliphatic carbocycles. The van der Waals surface area contributed by atoms with E-state index in [1.54, 1.807) is 0 Å². The van der Waals surface area contributed by atoms with Crippen LogP contribution < -0.4 is 0 Å². The van der Waals surface area contributed by atoms with E-state index in [9.17, 15) is 0 Å². The monoisotopic (exact) mass is 176 g/mol. The molecule has 0 nitrogen and oxygen atoms in total. The van der Waals surface area contributed by atoms with Crippen molar-refractivity contribution in [3.05, 3.63) is 24.8 Å². The maximum Gasteiger partial charge on any atom is -0.0134 e. The summed E-state index contributed by atoms with van der Waals surface area (Å²) in [5.74, 6) is 3.18. The quantitative estimate of drug-likeness (QED) is 0.535. The molecule has 0 heterocycles. The highest BCUT2D eigenvalue weighted by molar-refractivity contribution is 5.18. The fourth-order valence-corrected chi connectivity index (χ4v) is 3.40. The number of hydrogen-bond donors (Lipinski definition) is 0. The molecule has 0 amide bonds. The molecule has 0 heteroatoms. The van der Waals surface area contributed by atoms with Crippen molar-refractivity contribution in [2.45, 2.75) is 27.2 Å². The van der Waals surface area contributed by atoms with Crippen molar-refractivity contribution in [1.82, 2.24) is 0 Å². The fraction of sp³-hybridized carbons (Fsp3) is 0.692. The third kappa shape index (κ3) is 1.27. The molecule has 2 rings (SSSR count). The van der Waals surface area contributed by atoms with E-state index in [0.717, 1.165) is 23.7 Å². The Hall–Kier alpha value is -0.520. The molecule has 0 saturated heterocycles. The fourth-order valence-electron chi connectivity index (χ4n) is 3.40. The third-order valence-corrected chi connectivity index (χ3v) is 3.79. The van der Waals surface area contributed by atoms with Gasteiger partial charge >= 0.3 is 0 Å². The number of rotatable bonds is 1. The zero-order chi connectivity index (χ0) is 9.64. The summed E-state index contributed by atoms with van der Waals surface area (Å²) in [6.07, 6.45) is 8.39. The second-order valence-electron chi connectivity index (χ2n) is 5.65. The molecule has 0 aromatic heterocycles. The molecule has 2 bridgehead atoms. The first-order valence-corrected chi connectivity index (χ1v) is 5.35. The van der Waals surface area contributed by atoms with Gasteiger partial charge in [0.25, 0.3) is 0 Å². The molecule has 4 unspecified atom stereocenters. The predicted molar refractivity (Wildman–Crippen MR) is 57.4 cm³/mol. The maximum atomic E-state index is 3.99. The van der Waals surface area contributed by atoms with Gasteiger partial charge in [-0.05, 0) is 35.5 Å². The molecule has 0 radical (unpaired) electrons. The first kappa shape index (κ1) is 9.05. The van der Waals surface area contributed by atoms with Crippen molar-refractivity contribution in [2.75, 3.05) is 0 Å². The van der Waals surface area contributed by atoms with Crippen molar-refractivity contribution < 1.29 is 0 Å². The molecule has 13 heavy (non-hydrogen) atoms. The Balaban J connectivity index is 2.28. The van der Waals surface area contributed by atoms with Crippen LogP contribution in [0.2, 0.25) is 0 Å². The highest BCUT2D eigenvalue weighted by Crippen LogP contribution is 2.54. The van der Waals surface area contributed by atoms with Crippen molar-refractivity contribution in [1.29, 1.82) is 0 Å². The third-order valence-electron chi connectivity index (χ3n) is 3.79.